The highest BCUT2D eigenvalue weighted by Gasteiger charge is 2.35. The van der Waals surface area contributed by atoms with Gasteiger partial charge in [-0.3, -0.25) is 4.79 Å². The summed E-state index contributed by atoms with van der Waals surface area (Å²) in [5, 5.41) is 3.04. The molecule has 1 aromatic rings. The maximum absolute atomic E-state index is 12.0. The molecule has 4 nitrogen and oxygen atoms in total. The number of hydrogen-bond acceptors (Lipinski definition) is 3. The van der Waals surface area contributed by atoms with Crippen molar-refractivity contribution < 1.29 is 4.79 Å². The Morgan fingerprint density at radius 1 is 1.29 bits per heavy atom. The Morgan fingerprint density at radius 3 is 2.48 bits per heavy atom. The van der Waals surface area contributed by atoms with Crippen LogP contribution in [0.15, 0.2) is 30.3 Å². The molecule has 0 aliphatic heterocycles. The molecule has 21 heavy (non-hydrogen) atoms. The van der Waals surface area contributed by atoms with E-state index in [1.54, 1.807) is 6.08 Å². The predicted molar refractivity (Wildman–Crippen MR) is 87.8 cm³/mol. The Hall–Kier alpha value is -1.81. The number of anilines is 1. The van der Waals surface area contributed by atoms with Gasteiger partial charge in [0.15, 0.2) is 0 Å². The zero-order valence-corrected chi connectivity index (χ0v) is 12.9. The second-order valence-electron chi connectivity index (χ2n) is 6.04. The molecule has 1 fully saturated rings. The first-order valence-electron chi connectivity index (χ1n) is 7.51. The van der Waals surface area contributed by atoms with Crippen LogP contribution in [0.25, 0.3) is 6.08 Å². The molecule has 0 aromatic heterocycles. The monoisotopic (exact) mass is 287 g/mol. The highest BCUT2D eigenvalue weighted by molar-refractivity contribution is 5.91. The Morgan fingerprint density at radius 2 is 1.90 bits per heavy atom. The zero-order chi connectivity index (χ0) is 15.3. The molecule has 2 rings (SSSR count). The minimum atomic E-state index is -0.0417. The van der Waals surface area contributed by atoms with Gasteiger partial charge < -0.3 is 16.0 Å². The molecule has 1 aromatic carbocycles. The number of rotatable bonds is 5. The van der Waals surface area contributed by atoms with Crippen LogP contribution >= 0.6 is 0 Å². The number of benzene rings is 1. The van der Waals surface area contributed by atoms with Gasteiger partial charge in [-0.2, -0.15) is 0 Å². The molecule has 1 amide bonds. The van der Waals surface area contributed by atoms with Gasteiger partial charge >= 0.3 is 0 Å². The van der Waals surface area contributed by atoms with Gasteiger partial charge in [-0.25, -0.2) is 0 Å². The quantitative estimate of drug-likeness (QED) is 0.645. The fourth-order valence-corrected chi connectivity index (χ4v) is 2.90. The first kappa shape index (κ1) is 15.6. The molecule has 1 saturated carbocycles. The van der Waals surface area contributed by atoms with Gasteiger partial charge in [0.25, 0.3) is 0 Å². The van der Waals surface area contributed by atoms with E-state index in [4.69, 9.17) is 5.73 Å². The largest absolute Gasteiger partial charge is 0.399 e. The average Bonchev–Trinajstić information content (AvgIpc) is 2.95. The number of nitrogens with zero attached hydrogens (tertiary/aromatic N) is 1. The van der Waals surface area contributed by atoms with Gasteiger partial charge in [-0.1, -0.05) is 25.0 Å². The van der Waals surface area contributed by atoms with Crippen LogP contribution in [-0.4, -0.2) is 37.0 Å². The molecular formula is C17H25N3O. The van der Waals surface area contributed by atoms with Gasteiger partial charge in [0.05, 0.1) is 0 Å². The van der Waals surface area contributed by atoms with Crippen LogP contribution in [-0.2, 0) is 4.79 Å². The summed E-state index contributed by atoms with van der Waals surface area (Å²) in [6, 6.07) is 7.46. The number of carbonyl (C=O) groups is 1. The molecule has 114 valence electrons. The molecule has 0 bridgehead atoms. The van der Waals surface area contributed by atoms with E-state index in [1.807, 2.05) is 30.3 Å². The van der Waals surface area contributed by atoms with Crippen molar-refractivity contribution in [1.29, 1.82) is 0 Å². The second-order valence-corrected chi connectivity index (χ2v) is 6.04. The topological polar surface area (TPSA) is 58.4 Å². The number of nitrogens with two attached hydrogens (primary N) is 1. The number of likely N-dealkylation sites (N-methyl/N-ethyl adjacent to an activating group) is 1. The van der Waals surface area contributed by atoms with Crippen LogP contribution in [0.4, 0.5) is 5.69 Å². The van der Waals surface area contributed by atoms with E-state index in [-0.39, 0.29) is 11.4 Å². The summed E-state index contributed by atoms with van der Waals surface area (Å²) in [7, 11) is 4.20. The molecule has 1 aliphatic carbocycles. The average molecular weight is 287 g/mol. The molecule has 4 heteroatoms. The van der Waals surface area contributed by atoms with Gasteiger partial charge in [-0.15, -0.1) is 0 Å². The van der Waals surface area contributed by atoms with Crippen molar-refractivity contribution in [2.45, 2.75) is 31.2 Å². The van der Waals surface area contributed by atoms with Crippen molar-refractivity contribution in [3.05, 3.63) is 35.9 Å². The van der Waals surface area contributed by atoms with E-state index in [0.29, 0.717) is 6.54 Å². The maximum atomic E-state index is 12.0. The Labute approximate surface area is 127 Å². The van der Waals surface area contributed by atoms with Gasteiger partial charge in [0.1, 0.15) is 0 Å². The van der Waals surface area contributed by atoms with Crippen molar-refractivity contribution >= 4 is 17.7 Å². The van der Waals surface area contributed by atoms with E-state index in [0.717, 1.165) is 24.1 Å². The molecule has 3 N–H and O–H groups in total. The number of nitrogen functional groups attached to an aromatic ring is 1. The summed E-state index contributed by atoms with van der Waals surface area (Å²) in [6.07, 6.45) is 8.20. The van der Waals surface area contributed by atoms with Crippen LogP contribution < -0.4 is 11.1 Å². The lowest BCUT2D eigenvalue weighted by atomic mass is 9.96. The number of nitrogens with one attached hydrogen (secondary N) is 1. The summed E-state index contributed by atoms with van der Waals surface area (Å²) >= 11 is 0. The summed E-state index contributed by atoms with van der Waals surface area (Å²) in [6.45, 7) is 0.713. The van der Waals surface area contributed by atoms with E-state index >= 15 is 0 Å². The third kappa shape index (κ3) is 4.08. The fourth-order valence-electron chi connectivity index (χ4n) is 2.90. The maximum Gasteiger partial charge on any atom is 0.244 e. The minimum absolute atomic E-state index is 0.0417. The molecule has 0 spiro atoms. The minimum Gasteiger partial charge on any atom is -0.399 e. The molecule has 0 radical (unpaired) electrons. The summed E-state index contributed by atoms with van der Waals surface area (Å²) in [5.74, 6) is -0.0417. The second kappa shape index (κ2) is 6.76. The first-order valence-corrected chi connectivity index (χ1v) is 7.51. The highest BCUT2D eigenvalue weighted by atomic mass is 16.1. The van der Waals surface area contributed by atoms with Crippen molar-refractivity contribution in [2.75, 3.05) is 26.4 Å². The Balaban J connectivity index is 1.88. The Kier molecular flexibility index (Phi) is 5.02. The van der Waals surface area contributed by atoms with Crippen LogP contribution in [0, 0.1) is 0 Å². The van der Waals surface area contributed by atoms with Crippen LogP contribution in [0.2, 0.25) is 0 Å². The number of carbonyl (C=O) groups excluding carboxylic acids is 1. The summed E-state index contributed by atoms with van der Waals surface area (Å²) < 4.78 is 0. The van der Waals surface area contributed by atoms with E-state index in [9.17, 15) is 4.79 Å². The Bertz CT molecular complexity index is 499. The van der Waals surface area contributed by atoms with Gasteiger partial charge in [-0.05, 0) is 50.7 Å². The number of amides is 1. The van der Waals surface area contributed by atoms with Crippen molar-refractivity contribution in [2.24, 2.45) is 0 Å². The lowest BCUT2D eigenvalue weighted by Crippen LogP contribution is -2.50. The molecule has 0 heterocycles. The zero-order valence-electron chi connectivity index (χ0n) is 12.9. The van der Waals surface area contributed by atoms with E-state index < -0.39 is 0 Å². The highest BCUT2D eigenvalue weighted by Crippen LogP contribution is 2.33. The van der Waals surface area contributed by atoms with E-state index in [1.165, 1.54) is 12.8 Å². The van der Waals surface area contributed by atoms with Crippen LogP contribution in [0.1, 0.15) is 31.2 Å². The van der Waals surface area contributed by atoms with Crippen LogP contribution in [0.5, 0.6) is 0 Å². The lowest BCUT2D eigenvalue weighted by molar-refractivity contribution is -0.117. The lowest BCUT2D eigenvalue weighted by Gasteiger charge is -2.36. The van der Waals surface area contributed by atoms with Crippen molar-refractivity contribution in [1.82, 2.24) is 10.2 Å². The molecular weight excluding hydrogens is 262 g/mol. The first-order chi connectivity index (χ1) is 10.0. The van der Waals surface area contributed by atoms with Crippen LogP contribution in [0.3, 0.4) is 0 Å². The van der Waals surface area contributed by atoms with Crippen molar-refractivity contribution in [3.63, 3.8) is 0 Å². The fraction of sp³-hybridized carbons (Fsp3) is 0.471. The van der Waals surface area contributed by atoms with Crippen molar-refractivity contribution in [3.8, 4) is 0 Å². The molecule has 0 unspecified atom stereocenters. The summed E-state index contributed by atoms with van der Waals surface area (Å²) in [5.41, 5.74) is 7.47. The predicted octanol–water partition coefficient (Wildman–Crippen LogP) is 2.27. The van der Waals surface area contributed by atoms with E-state index in [2.05, 4.69) is 24.3 Å². The third-order valence-electron chi connectivity index (χ3n) is 4.44. The third-order valence-corrected chi connectivity index (χ3v) is 4.44. The molecule has 1 aliphatic rings. The normalized spacial score (nSPS) is 17.5. The smallest absolute Gasteiger partial charge is 0.244 e. The SMILES string of the molecule is CN(C)C1(CNC(=O)/C=C/c2ccc(N)cc2)CCCC1. The number of hydrogen-bond donors (Lipinski definition) is 2. The standard InChI is InChI=1S/C17H25N3O/c1-20(2)17(11-3-4-12-17)13-19-16(21)10-7-14-5-8-15(18)9-6-14/h5-10H,3-4,11-13,18H2,1-2H3,(H,19,21)/b10-7+. The molecule has 0 saturated heterocycles. The molecule has 0 atom stereocenters. The van der Waals surface area contributed by atoms with Gasteiger partial charge in [0.2, 0.25) is 5.91 Å². The van der Waals surface area contributed by atoms with Gasteiger partial charge in [0, 0.05) is 23.8 Å². The summed E-state index contributed by atoms with van der Waals surface area (Å²) in [4.78, 5) is 14.2.